The summed E-state index contributed by atoms with van der Waals surface area (Å²) in [6, 6.07) is 10.9. The van der Waals surface area contributed by atoms with Gasteiger partial charge in [-0.15, -0.1) is 0 Å². The molecule has 0 atom stereocenters. The van der Waals surface area contributed by atoms with E-state index in [9.17, 15) is 14.7 Å². The number of carbonyl (C=O) groups excluding carboxylic acids is 2. The van der Waals surface area contributed by atoms with E-state index in [4.69, 9.17) is 9.47 Å². The number of nitrogens with one attached hydrogen (secondary N) is 2. The molecule has 22 heavy (non-hydrogen) atoms. The number of rotatable bonds is 2. The van der Waals surface area contributed by atoms with Gasteiger partial charge in [-0.1, -0.05) is 12.1 Å². The fraction of sp³-hybridized carbons (Fsp3) is 0.0667. The van der Waals surface area contributed by atoms with Gasteiger partial charge in [0.25, 0.3) is 0 Å². The number of phenolic OH excluding ortho intramolecular Hbond substituents is 1. The standard InChI is InChI=1S/C15H12N2O5/c18-11-4-2-1-3-10(11)17-15(20)14(19)16-9-5-6-12-13(7-9)22-8-21-12/h1-7,18H,8H2,(H,16,19)(H,17,20). The van der Waals surface area contributed by atoms with Crippen LogP contribution < -0.4 is 20.1 Å². The van der Waals surface area contributed by atoms with Crippen molar-refractivity contribution in [2.24, 2.45) is 0 Å². The third-order valence-corrected chi connectivity index (χ3v) is 2.99. The van der Waals surface area contributed by atoms with Crippen LogP contribution in [0.5, 0.6) is 17.2 Å². The van der Waals surface area contributed by atoms with Crippen molar-refractivity contribution in [1.82, 2.24) is 0 Å². The van der Waals surface area contributed by atoms with Gasteiger partial charge in [-0.3, -0.25) is 9.59 Å². The minimum atomic E-state index is -0.890. The zero-order chi connectivity index (χ0) is 15.5. The van der Waals surface area contributed by atoms with Crippen molar-refractivity contribution in [3.63, 3.8) is 0 Å². The van der Waals surface area contributed by atoms with Crippen LogP contribution in [0.15, 0.2) is 42.5 Å². The molecular formula is C15H12N2O5. The molecule has 0 saturated carbocycles. The topological polar surface area (TPSA) is 96.9 Å². The highest BCUT2D eigenvalue weighted by atomic mass is 16.7. The zero-order valence-corrected chi connectivity index (χ0v) is 11.3. The van der Waals surface area contributed by atoms with Crippen molar-refractivity contribution in [3.8, 4) is 17.2 Å². The Morgan fingerprint density at radius 1 is 0.955 bits per heavy atom. The smallest absolute Gasteiger partial charge is 0.314 e. The number of aromatic hydroxyl groups is 1. The highest BCUT2D eigenvalue weighted by Crippen LogP contribution is 2.34. The summed E-state index contributed by atoms with van der Waals surface area (Å²) >= 11 is 0. The van der Waals surface area contributed by atoms with Crippen LogP contribution in [-0.2, 0) is 9.59 Å². The van der Waals surface area contributed by atoms with E-state index >= 15 is 0 Å². The van der Waals surface area contributed by atoms with Crippen molar-refractivity contribution in [3.05, 3.63) is 42.5 Å². The average Bonchev–Trinajstić information content (AvgIpc) is 2.97. The largest absolute Gasteiger partial charge is 0.506 e. The molecule has 7 heteroatoms. The van der Waals surface area contributed by atoms with Crippen molar-refractivity contribution in [2.45, 2.75) is 0 Å². The number of fused-ring (bicyclic) bond motifs is 1. The molecule has 0 spiro atoms. The van der Waals surface area contributed by atoms with Gasteiger partial charge in [0.05, 0.1) is 5.69 Å². The lowest BCUT2D eigenvalue weighted by molar-refractivity contribution is -0.133. The van der Waals surface area contributed by atoms with Crippen LogP contribution in [0.1, 0.15) is 0 Å². The number of phenols is 1. The first-order valence-corrected chi connectivity index (χ1v) is 6.43. The maximum atomic E-state index is 11.9. The first-order chi connectivity index (χ1) is 10.6. The van der Waals surface area contributed by atoms with Crippen LogP contribution in [0.4, 0.5) is 11.4 Å². The van der Waals surface area contributed by atoms with E-state index in [2.05, 4.69) is 10.6 Å². The van der Waals surface area contributed by atoms with Gasteiger partial charge in [0.15, 0.2) is 11.5 Å². The third kappa shape index (κ3) is 2.78. The van der Waals surface area contributed by atoms with Crippen LogP contribution in [0.3, 0.4) is 0 Å². The summed E-state index contributed by atoms with van der Waals surface area (Å²) in [7, 11) is 0. The van der Waals surface area contributed by atoms with E-state index in [0.29, 0.717) is 17.2 Å². The van der Waals surface area contributed by atoms with Gasteiger partial charge in [0, 0.05) is 11.8 Å². The summed E-state index contributed by atoms with van der Waals surface area (Å²) in [5.74, 6) is -0.788. The van der Waals surface area contributed by atoms with E-state index < -0.39 is 11.8 Å². The SMILES string of the molecule is O=C(Nc1ccc2c(c1)OCO2)C(=O)Nc1ccccc1O. The van der Waals surface area contributed by atoms with Crippen LogP contribution in [0, 0.1) is 0 Å². The Bertz CT molecular complexity index is 744. The Hall–Kier alpha value is -3.22. The Morgan fingerprint density at radius 2 is 1.68 bits per heavy atom. The highest BCUT2D eigenvalue weighted by molar-refractivity contribution is 6.43. The Morgan fingerprint density at radius 3 is 2.50 bits per heavy atom. The molecule has 2 amide bonds. The Balaban J connectivity index is 1.67. The van der Waals surface area contributed by atoms with Crippen LogP contribution in [-0.4, -0.2) is 23.7 Å². The molecule has 0 saturated heterocycles. The first-order valence-electron chi connectivity index (χ1n) is 6.43. The monoisotopic (exact) mass is 300 g/mol. The van der Waals surface area contributed by atoms with Gasteiger partial charge >= 0.3 is 11.8 Å². The minimum Gasteiger partial charge on any atom is -0.506 e. The lowest BCUT2D eigenvalue weighted by Crippen LogP contribution is -2.29. The molecule has 0 aromatic heterocycles. The predicted octanol–water partition coefficient (Wildman–Crippen LogP) is 1.70. The van der Waals surface area contributed by atoms with Crippen LogP contribution >= 0.6 is 0 Å². The van der Waals surface area contributed by atoms with Gasteiger partial charge in [-0.05, 0) is 24.3 Å². The van der Waals surface area contributed by atoms with Gasteiger partial charge in [0.2, 0.25) is 6.79 Å². The molecule has 0 bridgehead atoms. The predicted molar refractivity (Wildman–Crippen MR) is 77.9 cm³/mol. The molecule has 1 heterocycles. The van der Waals surface area contributed by atoms with E-state index in [1.165, 1.54) is 12.1 Å². The number of benzene rings is 2. The number of para-hydroxylation sites is 2. The molecule has 2 aromatic rings. The quantitative estimate of drug-likeness (QED) is 0.579. The van der Waals surface area contributed by atoms with Crippen molar-refractivity contribution >= 4 is 23.2 Å². The molecule has 112 valence electrons. The molecule has 0 radical (unpaired) electrons. The summed E-state index contributed by atoms with van der Waals surface area (Å²) in [5, 5.41) is 14.3. The molecule has 2 aromatic carbocycles. The number of anilines is 2. The maximum Gasteiger partial charge on any atom is 0.314 e. The molecule has 1 aliphatic rings. The average molecular weight is 300 g/mol. The van der Waals surface area contributed by atoms with Crippen LogP contribution in [0.25, 0.3) is 0 Å². The lowest BCUT2D eigenvalue weighted by atomic mass is 10.2. The molecular weight excluding hydrogens is 288 g/mol. The van der Waals surface area contributed by atoms with E-state index in [0.717, 1.165) is 0 Å². The summed E-state index contributed by atoms with van der Waals surface area (Å²) in [6.45, 7) is 0.125. The summed E-state index contributed by atoms with van der Waals surface area (Å²) in [5.41, 5.74) is 0.565. The van der Waals surface area contributed by atoms with Gasteiger partial charge in [-0.25, -0.2) is 0 Å². The third-order valence-electron chi connectivity index (χ3n) is 2.99. The minimum absolute atomic E-state index is 0.119. The second-order valence-electron chi connectivity index (χ2n) is 4.49. The fourth-order valence-corrected chi connectivity index (χ4v) is 1.92. The molecule has 3 N–H and O–H groups in total. The van der Waals surface area contributed by atoms with Crippen LogP contribution in [0.2, 0.25) is 0 Å². The highest BCUT2D eigenvalue weighted by Gasteiger charge is 2.18. The summed E-state index contributed by atoms with van der Waals surface area (Å²) in [6.07, 6.45) is 0. The molecule has 3 rings (SSSR count). The first kappa shape index (κ1) is 13.7. The van der Waals surface area contributed by atoms with E-state index in [-0.39, 0.29) is 18.2 Å². The molecule has 0 fully saturated rings. The zero-order valence-electron chi connectivity index (χ0n) is 11.3. The molecule has 1 aliphatic heterocycles. The molecule has 0 unspecified atom stereocenters. The van der Waals surface area contributed by atoms with Crippen molar-refractivity contribution < 1.29 is 24.2 Å². The summed E-state index contributed by atoms with van der Waals surface area (Å²) < 4.78 is 10.3. The second-order valence-corrected chi connectivity index (χ2v) is 4.49. The molecule has 7 nitrogen and oxygen atoms in total. The van der Waals surface area contributed by atoms with E-state index in [1.54, 1.807) is 30.3 Å². The maximum absolute atomic E-state index is 11.9. The van der Waals surface area contributed by atoms with Gasteiger partial charge in [-0.2, -0.15) is 0 Å². The number of amides is 2. The Labute approximate surface area is 125 Å². The molecule has 0 aliphatic carbocycles. The van der Waals surface area contributed by atoms with Gasteiger partial charge in [0.1, 0.15) is 5.75 Å². The van der Waals surface area contributed by atoms with Gasteiger partial charge < -0.3 is 25.2 Å². The lowest BCUT2D eigenvalue weighted by Gasteiger charge is -2.08. The normalized spacial score (nSPS) is 11.8. The number of hydrogen-bond acceptors (Lipinski definition) is 5. The summed E-state index contributed by atoms with van der Waals surface area (Å²) in [4.78, 5) is 23.7. The number of ether oxygens (including phenoxy) is 2. The number of carbonyl (C=O) groups is 2. The number of hydrogen-bond donors (Lipinski definition) is 3. The van der Waals surface area contributed by atoms with E-state index in [1.807, 2.05) is 0 Å². The Kier molecular flexibility index (Phi) is 3.53. The van der Waals surface area contributed by atoms with Crippen molar-refractivity contribution in [2.75, 3.05) is 17.4 Å². The fourth-order valence-electron chi connectivity index (χ4n) is 1.92. The second kappa shape index (κ2) is 5.65. The van der Waals surface area contributed by atoms with Crippen molar-refractivity contribution in [1.29, 1.82) is 0 Å².